The fourth-order valence-electron chi connectivity index (χ4n) is 6.26. The van der Waals surface area contributed by atoms with E-state index in [2.05, 4.69) is 97.1 Å². The first-order chi connectivity index (χ1) is 16.9. The van der Waals surface area contributed by atoms with Crippen LogP contribution in [0.5, 0.6) is 5.75 Å². The first kappa shape index (κ1) is 19.4. The van der Waals surface area contributed by atoms with Gasteiger partial charge in [0.25, 0.3) is 0 Å². The molecule has 0 radical (unpaired) electrons. The van der Waals surface area contributed by atoms with Crippen LogP contribution in [0.4, 0.5) is 0 Å². The summed E-state index contributed by atoms with van der Waals surface area (Å²) < 4.78 is 5.67. The van der Waals surface area contributed by atoms with Crippen LogP contribution in [-0.2, 0) is 5.41 Å². The molecule has 2 aliphatic rings. The van der Waals surface area contributed by atoms with E-state index in [0.29, 0.717) is 5.75 Å². The summed E-state index contributed by atoms with van der Waals surface area (Å²) in [6.07, 6.45) is 0. The normalized spacial score (nSPS) is 13.7. The number of fused-ring (bicyclic) bond motifs is 10. The molecule has 7 rings (SSSR count). The van der Waals surface area contributed by atoms with E-state index in [1.165, 1.54) is 44.5 Å². The molecule has 1 spiro atoms. The van der Waals surface area contributed by atoms with Gasteiger partial charge in [-0.1, -0.05) is 109 Å². The molecule has 160 valence electrons. The Bertz CT molecular complexity index is 1520. The van der Waals surface area contributed by atoms with Crippen molar-refractivity contribution in [3.63, 3.8) is 0 Å². The minimum absolute atomic E-state index is 0.358. The Morgan fingerprint density at radius 1 is 0.471 bits per heavy atom. The van der Waals surface area contributed by atoms with E-state index in [-0.39, 0.29) is 7.69 Å². The first-order valence-corrected chi connectivity index (χ1v) is 11.6. The number of benzene rings is 5. The largest absolute Gasteiger partial charge is 0.538 e. The van der Waals surface area contributed by atoms with Crippen LogP contribution in [0.25, 0.3) is 33.4 Å². The zero-order valence-corrected chi connectivity index (χ0v) is 18.5. The summed E-state index contributed by atoms with van der Waals surface area (Å²) in [5, 5.41) is 9.57. The Kier molecular flexibility index (Phi) is 4.11. The van der Waals surface area contributed by atoms with Crippen LogP contribution in [0.3, 0.4) is 0 Å². The molecule has 5 aromatic rings. The Balaban J connectivity index is 1.67. The van der Waals surface area contributed by atoms with Gasteiger partial charge in [-0.2, -0.15) is 0 Å². The predicted molar refractivity (Wildman–Crippen MR) is 138 cm³/mol. The van der Waals surface area contributed by atoms with Crippen LogP contribution in [0.2, 0.25) is 0 Å². The second kappa shape index (κ2) is 7.21. The van der Waals surface area contributed by atoms with E-state index in [1.807, 2.05) is 18.2 Å². The third kappa shape index (κ3) is 2.34. The van der Waals surface area contributed by atoms with Crippen molar-refractivity contribution in [1.29, 1.82) is 0 Å². The van der Waals surface area contributed by atoms with Gasteiger partial charge in [0, 0.05) is 5.56 Å². The van der Waals surface area contributed by atoms with E-state index >= 15 is 0 Å². The Morgan fingerprint density at radius 2 is 0.882 bits per heavy atom. The fourth-order valence-corrected chi connectivity index (χ4v) is 6.26. The number of hydrogen-bond donors (Lipinski definition) is 1. The third-order valence-corrected chi connectivity index (χ3v) is 7.41. The first-order valence-electron chi connectivity index (χ1n) is 11.6. The number of rotatable bonds is 3. The standard InChI is InChI=1S/C31H21BO2/c33-32-34-29-19-8-4-13-23(29)25-15-9-14-24-22-12-3-7-18-28(22)31(30(24)25)26-16-5-1-10-20(26)21-11-2-6-17-27(21)31/h1-19,32-33H. The highest BCUT2D eigenvalue weighted by Crippen LogP contribution is 2.64. The van der Waals surface area contributed by atoms with Gasteiger partial charge in [0.15, 0.2) is 0 Å². The molecule has 0 unspecified atom stereocenters. The highest BCUT2D eigenvalue weighted by molar-refractivity contribution is 6.17. The van der Waals surface area contributed by atoms with Crippen LogP contribution < -0.4 is 4.65 Å². The average Bonchev–Trinajstić information content (AvgIpc) is 3.37. The molecule has 0 saturated heterocycles. The Hall–Kier alpha value is -4.08. The van der Waals surface area contributed by atoms with E-state index in [9.17, 15) is 5.02 Å². The summed E-state index contributed by atoms with van der Waals surface area (Å²) in [5.41, 5.74) is 12.0. The van der Waals surface area contributed by atoms with Crippen LogP contribution >= 0.6 is 0 Å². The quantitative estimate of drug-likeness (QED) is 0.328. The highest BCUT2D eigenvalue weighted by Gasteiger charge is 2.52. The average molecular weight is 436 g/mol. The lowest BCUT2D eigenvalue weighted by Gasteiger charge is -2.32. The van der Waals surface area contributed by atoms with E-state index < -0.39 is 5.41 Å². The maximum Gasteiger partial charge on any atom is 0.504 e. The molecule has 34 heavy (non-hydrogen) atoms. The topological polar surface area (TPSA) is 29.5 Å². The molecule has 0 saturated carbocycles. The maximum absolute atomic E-state index is 9.57. The summed E-state index contributed by atoms with van der Waals surface area (Å²) in [6, 6.07) is 41.0. The minimum Gasteiger partial charge on any atom is -0.538 e. The lowest BCUT2D eigenvalue weighted by atomic mass is 9.68. The Morgan fingerprint density at radius 3 is 1.44 bits per heavy atom. The van der Waals surface area contributed by atoms with Gasteiger partial charge in [-0.25, -0.2) is 0 Å². The molecule has 0 fully saturated rings. The van der Waals surface area contributed by atoms with Crippen molar-refractivity contribution >= 4 is 7.69 Å². The summed E-state index contributed by atoms with van der Waals surface area (Å²) in [5.74, 6) is 0.684. The van der Waals surface area contributed by atoms with Crippen molar-refractivity contribution in [1.82, 2.24) is 0 Å². The van der Waals surface area contributed by atoms with Crippen molar-refractivity contribution in [3.05, 3.63) is 138 Å². The molecule has 0 bridgehead atoms. The molecular formula is C31H21BO2. The molecule has 2 nitrogen and oxygen atoms in total. The van der Waals surface area contributed by atoms with Gasteiger partial charge in [0.05, 0.1) is 5.41 Å². The Labute approximate surface area is 199 Å². The summed E-state index contributed by atoms with van der Waals surface area (Å²) in [4.78, 5) is 0. The van der Waals surface area contributed by atoms with Crippen LogP contribution in [0.15, 0.2) is 115 Å². The molecule has 0 amide bonds. The zero-order chi connectivity index (χ0) is 22.7. The second-order valence-electron chi connectivity index (χ2n) is 8.88. The molecule has 0 aromatic heterocycles. The molecule has 0 atom stereocenters. The number of hydrogen-bond acceptors (Lipinski definition) is 2. The van der Waals surface area contributed by atoms with Gasteiger partial charge >= 0.3 is 7.69 Å². The van der Waals surface area contributed by atoms with Gasteiger partial charge in [-0.15, -0.1) is 0 Å². The van der Waals surface area contributed by atoms with Gasteiger partial charge in [0.1, 0.15) is 5.75 Å². The lowest BCUT2D eigenvalue weighted by molar-refractivity contribution is 0.454. The summed E-state index contributed by atoms with van der Waals surface area (Å²) in [7, 11) is -0.358. The summed E-state index contributed by atoms with van der Waals surface area (Å²) >= 11 is 0. The molecule has 0 aliphatic heterocycles. The number of para-hydroxylation sites is 1. The van der Waals surface area contributed by atoms with Gasteiger partial charge in [0.2, 0.25) is 0 Å². The van der Waals surface area contributed by atoms with Crippen LogP contribution in [0.1, 0.15) is 22.3 Å². The smallest absolute Gasteiger partial charge is 0.504 e. The van der Waals surface area contributed by atoms with Crippen molar-refractivity contribution in [2.24, 2.45) is 0 Å². The van der Waals surface area contributed by atoms with Crippen molar-refractivity contribution in [2.45, 2.75) is 5.41 Å². The van der Waals surface area contributed by atoms with Gasteiger partial charge in [-0.05, 0) is 56.1 Å². The van der Waals surface area contributed by atoms with Crippen LogP contribution in [0, 0.1) is 0 Å². The molecule has 3 heteroatoms. The fraction of sp³-hybridized carbons (Fsp3) is 0.0323. The van der Waals surface area contributed by atoms with Crippen molar-refractivity contribution < 1.29 is 9.68 Å². The third-order valence-electron chi connectivity index (χ3n) is 7.41. The van der Waals surface area contributed by atoms with E-state index in [4.69, 9.17) is 4.65 Å². The van der Waals surface area contributed by atoms with Gasteiger partial charge in [-0.3, -0.25) is 0 Å². The zero-order valence-electron chi connectivity index (χ0n) is 18.5. The second-order valence-corrected chi connectivity index (χ2v) is 8.88. The van der Waals surface area contributed by atoms with E-state index in [1.54, 1.807) is 0 Å². The molecular weight excluding hydrogens is 415 g/mol. The summed E-state index contributed by atoms with van der Waals surface area (Å²) in [6.45, 7) is 0. The lowest BCUT2D eigenvalue weighted by Crippen LogP contribution is -2.26. The molecule has 0 heterocycles. The highest BCUT2D eigenvalue weighted by atomic mass is 16.5. The SMILES string of the molecule is OBOc1ccccc1-c1cccc2c1C1(c3ccccc3-c3ccccc31)c1ccccc1-2. The van der Waals surface area contributed by atoms with E-state index in [0.717, 1.165) is 11.1 Å². The predicted octanol–water partition coefficient (Wildman–Crippen LogP) is 6.33. The van der Waals surface area contributed by atoms with Crippen molar-refractivity contribution in [2.75, 3.05) is 0 Å². The molecule has 2 aliphatic carbocycles. The monoisotopic (exact) mass is 436 g/mol. The van der Waals surface area contributed by atoms with Crippen LogP contribution in [-0.4, -0.2) is 12.7 Å². The molecule has 5 aromatic carbocycles. The van der Waals surface area contributed by atoms with Crippen molar-refractivity contribution in [3.8, 4) is 39.1 Å². The minimum atomic E-state index is -0.415. The molecule has 1 N–H and O–H groups in total. The maximum atomic E-state index is 9.57. The van der Waals surface area contributed by atoms with Gasteiger partial charge < -0.3 is 9.68 Å².